The van der Waals surface area contributed by atoms with Crippen molar-refractivity contribution in [2.75, 3.05) is 5.32 Å². The molecule has 5 nitrogen and oxygen atoms in total. The van der Waals surface area contributed by atoms with E-state index in [1.807, 2.05) is 67.7 Å². The van der Waals surface area contributed by atoms with Crippen LogP contribution in [0.25, 0.3) is 10.9 Å². The van der Waals surface area contributed by atoms with E-state index in [0.29, 0.717) is 5.52 Å². The number of aromatic nitrogens is 3. The number of aromatic amines is 1. The van der Waals surface area contributed by atoms with Crippen molar-refractivity contribution in [2.45, 2.75) is 13.0 Å². The van der Waals surface area contributed by atoms with Crippen molar-refractivity contribution in [2.24, 2.45) is 0 Å². The maximum absolute atomic E-state index is 11.0. The highest BCUT2D eigenvalue weighted by Crippen LogP contribution is 2.35. The van der Waals surface area contributed by atoms with Crippen LogP contribution < -0.4 is 10.3 Å². The number of phenolic OH excluding ortho intramolecular Hbond substituents is 1. The van der Waals surface area contributed by atoms with Crippen LogP contribution in [0.2, 0.25) is 0 Å². The lowest BCUT2D eigenvalue weighted by molar-refractivity contribution is -0.361. The predicted octanol–water partition coefficient (Wildman–Crippen LogP) is 3.66. The molecule has 0 bridgehead atoms. The molecule has 3 aromatic heterocycles. The Hall–Kier alpha value is -3.47. The molecule has 0 radical (unpaired) electrons. The molecular formula is C21H19N4O+. The molecule has 4 aromatic rings. The van der Waals surface area contributed by atoms with Crippen molar-refractivity contribution in [3.63, 3.8) is 0 Å². The van der Waals surface area contributed by atoms with E-state index in [9.17, 15) is 5.11 Å². The van der Waals surface area contributed by atoms with E-state index in [-0.39, 0.29) is 11.8 Å². The Kier molecular flexibility index (Phi) is 4.19. The van der Waals surface area contributed by atoms with Gasteiger partial charge in [0.05, 0.1) is 6.20 Å². The molecule has 0 unspecified atom stereocenters. The van der Waals surface area contributed by atoms with E-state index in [1.54, 1.807) is 12.4 Å². The number of hydrogen-bond acceptors (Lipinski definition) is 4. The molecule has 128 valence electrons. The number of rotatable bonds is 4. The van der Waals surface area contributed by atoms with Gasteiger partial charge in [0.15, 0.2) is 0 Å². The summed E-state index contributed by atoms with van der Waals surface area (Å²) in [4.78, 5) is 11.8. The number of H-pyrrole nitrogens is 1. The highest BCUT2D eigenvalue weighted by Gasteiger charge is 2.24. The number of nitrogens with one attached hydrogen (secondary N) is 2. The monoisotopic (exact) mass is 343 g/mol. The van der Waals surface area contributed by atoms with Gasteiger partial charge in [-0.25, -0.2) is 9.97 Å². The standard InChI is InChI=1S/C21H18N4O/c1-14-5-6-15-7-8-17(21(26)20(15)24-14)19(16-9-12-22-13-10-16)25-18-4-2-3-11-23-18/h2-13,19,26H,1H3,(H,23,25)/p+1/t19-/m0/s1. The Bertz CT molecular complexity index is 1040. The van der Waals surface area contributed by atoms with E-state index < -0.39 is 0 Å². The molecule has 0 aliphatic heterocycles. The molecule has 0 saturated carbocycles. The maximum atomic E-state index is 11.0. The quantitative estimate of drug-likeness (QED) is 0.593. The fourth-order valence-electron chi connectivity index (χ4n) is 3.05. The first kappa shape index (κ1) is 16.0. The van der Waals surface area contributed by atoms with Crippen molar-refractivity contribution in [3.05, 3.63) is 90.0 Å². The summed E-state index contributed by atoms with van der Waals surface area (Å²) in [5.74, 6) is 1.04. The smallest absolute Gasteiger partial charge is 0.272 e. The van der Waals surface area contributed by atoms with Crippen LogP contribution in [0, 0.1) is 6.92 Å². The van der Waals surface area contributed by atoms with Crippen LogP contribution in [-0.2, 0) is 0 Å². The number of benzene rings is 1. The summed E-state index contributed by atoms with van der Waals surface area (Å²) in [5, 5.41) is 15.3. The van der Waals surface area contributed by atoms with Gasteiger partial charge in [0.25, 0.3) is 5.82 Å². The fourth-order valence-corrected chi connectivity index (χ4v) is 3.05. The van der Waals surface area contributed by atoms with Crippen LogP contribution in [0.1, 0.15) is 22.9 Å². The van der Waals surface area contributed by atoms with Crippen molar-refractivity contribution >= 4 is 16.7 Å². The molecule has 4 rings (SSSR count). The van der Waals surface area contributed by atoms with Gasteiger partial charge in [0, 0.05) is 40.7 Å². The van der Waals surface area contributed by atoms with Gasteiger partial charge in [-0.3, -0.25) is 10.3 Å². The zero-order chi connectivity index (χ0) is 17.9. The second-order valence-electron chi connectivity index (χ2n) is 6.16. The SMILES string of the molecule is Cc1ccc2ccc([C@@H](Nc3cccc[nH+]3)c3ccncc3)c(O)c2n1. The minimum Gasteiger partial charge on any atom is -0.505 e. The van der Waals surface area contributed by atoms with E-state index >= 15 is 0 Å². The highest BCUT2D eigenvalue weighted by molar-refractivity contribution is 5.86. The Morgan fingerprint density at radius 3 is 2.58 bits per heavy atom. The number of aromatic hydroxyl groups is 1. The summed E-state index contributed by atoms with van der Waals surface area (Å²) in [6, 6.07) is 17.3. The van der Waals surface area contributed by atoms with Crippen LogP contribution in [0.15, 0.2) is 73.2 Å². The molecule has 0 fully saturated rings. The van der Waals surface area contributed by atoms with Gasteiger partial charge in [-0.05, 0) is 37.3 Å². The molecule has 1 aromatic carbocycles. The predicted molar refractivity (Wildman–Crippen MR) is 101 cm³/mol. The van der Waals surface area contributed by atoms with Gasteiger partial charge in [0.1, 0.15) is 17.3 Å². The van der Waals surface area contributed by atoms with E-state index in [4.69, 9.17) is 0 Å². The Morgan fingerprint density at radius 2 is 1.81 bits per heavy atom. The lowest BCUT2D eigenvalue weighted by Crippen LogP contribution is -2.19. The van der Waals surface area contributed by atoms with Crippen molar-refractivity contribution < 1.29 is 10.1 Å². The molecule has 1 atom stereocenters. The van der Waals surface area contributed by atoms with Gasteiger partial charge in [0.2, 0.25) is 0 Å². The normalized spacial score (nSPS) is 12.0. The molecule has 5 heteroatoms. The van der Waals surface area contributed by atoms with Crippen LogP contribution in [0.4, 0.5) is 5.82 Å². The Balaban J connectivity index is 1.86. The lowest BCUT2D eigenvalue weighted by atomic mass is 9.97. The van der Waals surface area contributed by atoms with Gasteiger partial charge in [-0.15, -0.1) is 0 Å². The number of nitrogens with zero attached hydrogens (tertiary/aromatic N) is 2. The summed E-state index contributed by atoms with van der Waals surface area (Å²) >= 11 is 0. The number of pyridine rings is 3. The van der Waals surface area contributed by atoms with E-state index in [2.05, 4.69) is 20.3 Å². The molecule has 0 aliphatic carbocycles. The van der Waals surface area contributed by atoms with Gasteiger partial charge >= 0.3 is 0 Å². The third-order valence-corrected chi connectivity index (χ3v) is 4.37. The molecule has 0 saturated heterocycles. The van der Waals surface area contributed by atoms with Gasteiger partial charge < -0.3 is 5.11 Å². The summed E-state index contributed by atoms with van der Waals surface area (Å²) in [5.41, 5.74) is 3.24. The second-order valence-corrected chi connectivity index (χ2v) is 6.16. The topological polar surface area (TPSA) is 72.2 Å². The Labute approximate surface area is 151 Å². The molecule has 0 aliphatic rings. The maximum Gasteiger partial charge on any atom is 0.272 e. The average Bonchev–Trinajstić information content (AvgIpc) is 2.69. The summed E-state index contributed by atoms with van der Waals surface area (Å²) < 4.78 is 0. The molecule has 26 heavy (non-hydrogen) atoms. The molecular weight excluding hydrogens is 324 g/mol. The van der Waals surface area contributed by atoms with Gasteiger partial charge in [-0.2, -0.15) is 0 Å². The number of fused-ring (bicyclic) bond motifs is 1. The first-order valence-electron chi connectivity index (χ1n) is 8.45. The second kappa shape index (κ2) is 6.80. The van der Waals surface area contributed by atoms with Crippen molar-refractivity contribution in [1.29, 1.82) is 0 Å². The van der Waals surface area contributed by atoms with Gasteiger partial charge in [-0.1, -0.05) is 18.2 Å². The summed E-state index contributed by atoms with van der Waals surface area (Å²) in [7, 11) is 0. The first-order chi connectivity index (χ1) is 12.7. The van der Waals surface area contributed by atoms with E-state index in [1.165, 1.54) is 0 Å². The van der Waals surface area contributed by atoms with Crippen LogP contribution in [-0.4, -0.2) is 15.1 Å². The van der Waals surface area contributed by atoms with Crippen LogP contribution in [0.5, 0.6) is 5.75 Å². The minimum atomic E-state index is -0.247. The molecule has 0 amide bonds. The molecule has 0 spiro atoms. The third-order valence-electron chi connectivity index (χ3n) is 4.37. The summed E-state index contributed by atoms with van der Waals surface area (Å²) in [6.45, 7) is 1.92. The lowest BCUT2D eigenvalue weighted by Gasteiger charge is -2.17. The number of hydrogen-bond donors (Lipinski definition) is 2. The zero-order valence-corrected chi connectivity index (χ0v) is 14.3. The number of anilines is 1. The third kappa shape index (κ3) is 3.07. The largest absolute Gasteiger partial charge is 0.505 e. The highest BCUT2D eigenvalue weighted by atomic mass is 16.3. The first-order valence-corrected chi connectivity index (χ1v) is 8.45. The minimum absolute atomic E-state index is 0.191. The average molecular weight is 343 g/mol. The number of aryl methyl sites for hydroxylation is 1. The van der Waals surface area contributed by atoms with E-state index in [0.717, 1.165) is 28.0 Å². The molecule has 3 N–H and O–H groups in total. The summed E-state index contributed by atoms with van der Waals surface area (Å²) in [6.07, 6.45) is 5.36. The zero-order valence-electron chi connectivity index (χ0n) is 14.3. The molecule has 3 heterocycles. The van der Waals surface area contributed by atoms with Crippen LogP contribution in [0.3, 0.4) is 0 Å². The van der Waals surface area contributed by atoms with Crippen LogP contribution >= 0.6 is 0 Å². The fraction of sp³-hybridized carbons (Fsp3) is 0.0952. The number of phenols is 1. The Morgan fingerprint density at radius 1 is 1.00 bits per heavy atom. The van der Waals surface area contributed by atoms with Crippen molar-refractivity contribution in [1.82, 2.24) is 9.97 Å². The van der Waals surface area contributed by atoms with Crippen molar-refractivity contribution in [3.8, 4) is 5.75 Å².